The maximum Gasteiger partial charge on any atom is 0.326 e. The van der Waals surface area contributed by atoms with Gasteiger partial charge in [-0.25, -0.2) is 4.79 Å². The molecule has 0 aromatic heterocycles. The Bertz CT molecular complexity index is 294. The Kier molecular flexibility index (Phi) is 4.94. The van der Waals surface area contributed by atoms with Crippen molar-refractivity contribution in [3.8, 4) is 0 Å². The number of carbonyl (C=O) groups is 3. The summed E-state index contributed by atoms with van der Waals surface area (Å²) < 4.78 is 0. The van der Waals surface area contributed by atoms with Gasteiger partial charge in [-0.1, -0.05) is 20.8 Å². The van der Waals surface area contributed by atoms with Crippen molar-refractivity contribution in [1.82, 2.24) is 10.6 Å². The number of carboxylic acid groups (broad SMARTS) is 1. The van der Waals surface area contributed by atoms with Gasteiger partial charge in [0.25, 0.3) is 0 Å². The molecular formula is C10H18N2O4. The highest BCUT2D eigenvalue weighted by molar-refractivity contribution is 5.87. The van der Waals surface area contributed by atoms with Crippen LogP contribution in [-0.4, -0.2) is 35.5 Å². The molecular weight excluding hydrogens is 212 g/mol. The summed E-state index contributed by atoms with van der Waals surface area (Å²) in [5, 5.41) is 13.6. The summed E-state index contributed by atoms with van der Waals surface area (Å²) in [6.45, 7) is 6.21. The molecule has 0 spiro atoms. The minimum atomic E-state index is -1.09. The molecule has 0 aromatic rings. The minimum absolute atomic E-state index is 0.213. The van der Waals surface area contributed by atoms with E-state index in [1.807, 2.05) is 0 Å². The van der Waals surface area contributed by atoms with Crippen molar-refractivity contribution in [2.75, 3.05) is 6.54 Å². The third-order valence-corrected chi connectivity index (χ3v) is 1.92. The summed E-state index contributed by atoms with van der Waals surface area (Å²) in [7, 11) is 0. The van der Waals surface area contributed by atoms with Gasteiger partial charge in [-0.3, -0.25) is 9.59 Å². The second-order valence-corrected chi connectivity index (χ2v) is 4.61. The van der Waals surface area contributed by atoms with Crippen LogP contribution in [0.25, 0.3) is 0 Å². The molecule has 0 unspecified atom stereocenters. The Morgan fingerprint density at radius 1 is 1.25 bits per heavy atom. The summed E-state index contributed by atoms with van der Waals surface area (Å²) >= 11 is 0. The monoisotopic (exact) mass is 230 g/mol. The molecule has 0 radical (unpaired) electrons. The van der Waals surface area contributed by atoms with E-state index in [9.17, 15) is 14.4 Å². The molecule has 1 atom stereocenters. The molecule has 16 heavy (non-hydrogen) atoms. The molecule has 0 bridgehead atoms. The van der Waals surface area contributed by atoms with Crippen LogP contribution in [0.5, 0.6) is 0 Å². The van der Waals surface area contributed by atoms with Crippen molar-refractivity contribution in [2.45, 2.75) is 33.7 Å². The summed E-state index contributed by atoms with van der Waals surface area (Å²) in [6.07, 6.45) is 0. The van der Waals surface area contributed by atoms with Gasteiger partial charge in [0.1, 0.15) is 6.04 Å². The summed E-state index contributed by atoms with van der Waals surface area (Å²) in [5.41, 5.74) is -0.586. The van der Waals surface area contributed by atoms with E-state index >= 15 is 0 Å². The average molecular weight is 230 g/mol. The van der Waals surface area contributed by atoms with Gasteiger partial charge in [-0.05, 0) is 5.41 Å². The maximum atomic E-state index is 11.3. The Hall–Kier alpha value is -1.59. The van der Waals surface area contributed by atoms with Crippen molar-refractivity contribution in [2.24, 2.45) is 5.41 Å². The normalized spacial score (nSPS) is 12.8. The molecule has 0 aliphatic rings. The van der Waals surface area contributed by atoms with Gasteiger partial charge in [0.2, 0.25) is 11.8 Å². The van der Waals surface area contributed by atoms with Crippen LogP contribution in [0.3, 0.4) is 0 Å². The number of carbonyl (C=O) groups excluding carboxylic acids is 2. The van der Waals surface area contributed by atoms with E-state index in [1.54, 1.807) is 20.8 Å². The van der Waals surface area contributed by atoms with Crippen molar-refractivity contribution < 1.29 is 19.5 Å². The third-order valence-electron chi connectivity index (χ3n) is 1.92. The molecule has 0 heterocycles. The zero-order chi connectivity index (χ0) is 12.9. The lowest BCUT2D eigenvalue weighted by Crippen LogP contribution is -2.51. The van der Waals surface area contributed by atoms with Crippen LogP contribution in [0.4, 0.5) is 0 Å². The van der Waals surface area contributed by atoms with Crippen molar-refractivity contribution in [1.29, 1.82) is 0 Å². The molecule has 0 rings (SSSR count). The van der Waals surface area contributed by atoms with Crippen molar-refractivity contribution >= 4 is 17.8 Å². The number of rotatable bonds is 4. The van der Waals surface area contributed by atoms with E-state index in [1.165, 1.54) is 6.92 Å². The number of nitrogens with one attached hydrogen (secondary N) is 2. The second-order valence-electron chi connectivity index (χ2n) is 4.61. The first kappa shape index (κ1) is 14.4. The van der Waals surface area contributed by atoms with E-state index in [2.05, 4.69) is 10.6 Å². The predicted octanol–water partition coefficient (Wildman–Crippen LogP) is -0.262. The van der Waals surface area contributed by atoms with Crippen LogP contribution in [0.2, 0.25) is 0 Å². The molecule has 2 amide bonds. The Morgan fingerprint density at radius 3 is 2.06 bits per heavy atom. The van der Waals surface area contributed by atoms with Gasteiger partial charge in [-0.15, -0.1) is 0 Å². The first-order valence-corrected chi connectivity index (χ1v) is 4.91. The third kappa shape index (κ3) is 5.33. The minimum Gasteiger partial charge on any atom is -0.480 e. The van der Waals surface area contributed by atoms with E-state index < -0.39 is 23.3 Å². The summed E-state index contributed by atoms with van der Waals surface area (Å²) in [6, 6.07) is -0.978. The van der Waals surface area contributed by atoms with E-state index in [4.69, 9.17) is 5.11 Å². The van der Waals surface area contributed by atoms with E-state index in [0.29, 0.717) is 0 Å². The number of hydrogen-bond acceptors (Lipinski definition) is 3. The lowest BCUT2D eigenvalue weighted by Gasteiger charge is -2.27. The quantitative estimate of drug-likeness (QED) is 0.620. The van der Waals surface area contributed by atoms with Crippen LogP contribution in [-0.2, 0) is 14.4 Å². The van der Waals surface area contributed by atoms with Gasteiger partial charge in [0.05, 0.1) is 6.54 Å². The lowest BCUT2D eigenvalue weighted by atomic mass is 9.87. The fourth-order valence-corrected chi connectivity index (χ4v) is 1.07. The number of aliphatic carboxylic acids is 1. The lowest BCUT2D eigenvalue weighted by molar-refractivity contribution is -0.144. The van der Waals surface area contributed by atoms with E-state index in [-0.39, 0.29) is 12.5 Å². The largest absolute Gasteiger partial charge is 0.480 e. The molecule has 0 aromatic carbocycles. The van der Waals surface area contributed by atoms with Crippen LogP contribution >= 0.6 is 0 Å². The Balaban J connectivity index is 4.37. The molecule has 92 valence electrons. The smallest absolute Gasteiger partial charge is 0.326 e. The fourth-order valence-electron chi connectivity index (χ4n) is 1.07. The second kappa shape index (κ2) is 5.48. The van der Waals surface area contributed by atoms with Gasteiger partial charge in [-0.2, -0.15) is 0 Å². The zero-order valence-electron chi connectivity index (χ0n) is 9.96. The standard InChI is InChI=1S/C10H18N2O4/c1-6(13)11-5-7(14)12-8(9(15)16)10(2,3)4/h8H,5H2,1-4H3,(H,11,13)(H,12,14)(H,15,16)/t8-/m0/s1. The fraction of sp³-hybridized carbons (Fsp3) is 0.700. The van der Waals surface area contributed by atoms with Gasteiger partial charge in [0.15, 0.2) is 0 Å². The molecule has 0 saturated carbocycles. The van der Waals surface area contributed by atoms with Gasteiger partial charge in [0, 0.05) is 6.92 Å². The molecule has 0 aliphatic heterocycles. The molecule has 0 aliphatic carbocycles. The van der Waals surface area contributed by atoms with Gasteiger partial charge >= 0.3 is 5.97 Å². The highest BCUT2D eigenvalue weighted by Crippen LogP contribution is 2.19. The van der Waals surface area contributed by atoms with E-state index in [0.717, 1.165) is 0 Å². The number of amides is 2. The topological polar surface area (TPSA) is 95.5 Å². The van der Waals surface area contributed by atoms with Gasteiger partial charge < -0.3 is 15.7 Å². The summed E-state index contributed by atoms with van der Waals surface area (Å²) in [5.74, 6) is -1.95. The van der Waals surface area contributed by atoms with Crippen LogP contribution in [0, 0.1) is 5.41 Å². The average Bonchev–Trinajstić information content (AvgIpc) is 2.08. The van der Waals surface area contributed by atoms with Crippen LogP contribution in [0.15, 0.2) is 0 Å². The molecule has 6 nitrogen and oxygen atoms in total. The number of carboxylic acids is 1. The SMILES string of the molecule is CC(=O)NCC(=O)N[C@@H](C(=O)O)C(C)(C)C. The first-order valence-electron chi connectivity index (χ1n) is 4.91. The molecule has 3 N–H and O–H groups in total. The number of hydrogen-bond donors (Lipinski definition) is 3. The van der Waals surface area contributed by atoms with Crippen molar-refractivity contribution in [3.63, 3.8) is 0 Å². The van der Waals surface area contributed by atoms with Crippen molar-refractivity contribution in [3.05, 3.63) is 0 Å². The molecule has 0 fully saturated rings. The molecule has 6 heteroatoms. The first-order chi connectivity index (χ1) is 7.14. The highest BCUT2D eigenvalue weighted by atomic mass is 16.4. The Morgan fingerprint density at radius 2 is 1.75 bits per heavy atom. The highest BCUT2D eigenvalue weighted by Gasteiger charge is 2.32. The van der Waals surface area contributed by atoms with Crippen LogP contribution < -0.4 is 10.6 Å². The maximum absolute atomic E-state index is 11.3. The Labute approximate surface area is 94.4 Å². The summed E-state index contributed by atoms with van der Waals surface area (Å²) in [4.78, 5) is 32.8. The predicted molar refractivity (Wildman–Crippen MR) is 57.7 cm³/mol. The van der Waals surface area contributed by atoms with Crippen LogP contribution in [0.1, 0.15) is 27.7 Å². The zero-order valence-corrected chi connectivity index (χ0v) is 9.96. The molecule has 0 saturated heterocycles.